The topological polar surface area (TPSA) is 48.0 Å². The molecular weight excluding hydrogens is 228 g/mol. The SMILES string of the molecule is Cc1ccccc1Cn1nc(CCl)oc1=O. The van der Waals surface area contributed by atoms with Gasteiger partial charge in [0, 0.05) is 0 Å². The van der Waals surface area contributed by atoms with Crippen molar-refractivity contribution in [2.75, 3.05) is 0 Å². The Morgan fingerprint density at radius 1 is 1.44 bits per heavy atom. The Balaban J connectivity index is 2.30. The Bertz CT molecular complexity index is 545. The van der Waals surface area contributed by atoms with E-state index in [0.29, 0.717) is 6.54 Å². The molecule has 0 aliphatic rings. The Morgan fingerprint density at radius 2 is 2.19 bits per heavy atom. The summed E-state index contributed by atoms with van der Waals surface area (Å²) < 4.78 is 6.12. The third kappa shape index (κ3) is 2.17. The first kappa shape index (κ1) is 11.0. The van der Waals surface area contributed by atoms with Gasteiger partial charge >= 0.3 is 5.76 Å². The molecule has 0 fully saturated rings. The number of halogens is 1. The van der Waals surface area contributed by atoms with Gasteiger partial charge in [-0.2, -0.15) is 4.68 Å². The van der Waals surface area contributed by atoms with Crippen LogP contribution in [-0.4, -0.2) is 9.78 Å². The molecule has 0 spiro atoms. The highest BCUT2D eigenvalue weighted by Gasteiger charge is 2.08. The van der Waals surface area contributed by atoms with E-state index in [1.54, 1.807) is 0 Å². The first-order valence-electron chi connectivity index (χ1n) is 4.88. The molecule has 2 rings (SSSR count). The second-order valence-electron chi connectivity index (χ2n) is 3.48. The maximum Gasteiger partial charge on any atom is 0.437 e. The molecule has 2 aromatic rings. The molecule has 0 radical (unpaired) electrons. The van der Waals surface area contributed by atoms with Gasteiger partial charge in [0.25, 0.3) is 0 Å². The van der Waals surface area contributed by atoms with E-state index in [9.17, 15) is 4.79 Å². The standard InChI is InChI=1S/C11H11ClN2O2/c1-8-4-2-3-5-9(8)7-14-11(15)16-10(6-12)13-14/h2-5H,6-7H2,1H3. The molecular formula is C11H11ClN2O2. The predicted octanol–water partition coefficient (Wildman–Crippen LogP) is 1.93. The van der Waals surface area contributed by atoms with Gasteiger partial charge in [0.15, 0.2) is 0 Å². The second kappa shape index (κ2) is 4.53. The van der Waals surface area contributed by atoms with Gasteiger partial charge < -0.3 is 4.42 Å². The molecule has 1 heterocycles. The fraction of sp³-hybridized carbons (Fsp3) is 0.273. The lowest BCUT2D eigenvalue weighted by Gasteiger charge is -2.03. The van der Waals surface area contributed by atoms with Crippen molar-refractivity contribution in [1.29, 1.82) is 0 Å². The third-order valence-electron chi connectivity index (χ3n) is 2.34. The second-order valence-corrected chi connectivity index (χ2v) is 3.75. The normalized spacial score (nSPS) is 10.6. The molecule has 0 atom stereocenters. The van der Waals surface area contributed by atoms with Crippen LogP contribution in [0, 0.1) is 6.92 Å². The van der Waals surface area contributed by atoms with E-state index in [1.807, 2.05) is 31.2 Å². The minimum absolute atomic E-state index is 0.107. The fourth-order valence-electron chi connectivity index (χ4n) is 1.45. The summed E-state index contributed by atoms with van der Waals surface area (Å²) in [7, 11) is 0. The highest BCUT2D eigenvalue weighted by atomic mass is 35.5. The quantitative estimate of drug-likeness (QED) is 0.768. The van der Waals surface area contributed by atoms with Crippen LogP contribution >= 0.6 is 11.6 Å². The zero-order valence-corrected chi connectivity index (χ0v) is 9.57. The van der Waals surface area contributed by atoms with Gasteiger partial charge in [-0.25, -0.2) is 4.79 Å². The van der Waals surface area contributed by atoms with E-state index in [1.165, 1.54) is 4.68 Å². The molecule has 0 saturated heterocycles. The summed E-state index contributed by atoms with van der Waals surface area (Å²) in [4.78, 5) is 11.4. The Labute approximate surface area is 97.5 Å². The number of alkyl halides is 1. The molecule has 1 aromatic heterocycles. The minimum atomic E-state index is -0.473. The van der Waals surface area contributed by atoms with Gasteiger partial charge in [0.2, 0.25) is 5.89 Å². The number of aromatic nitrogens is 2. The summed E-state index contributed by atoms with van der Waals surface area (Å²) in [5.41, 5.74) is 2.16. The average molecular weight is 239 g/mol. The maximum absolute atomic E-state index is 11.4. The summed E-state index contributed by atoms with van der Waals surface area (Å²) in [6.07, 6.45) is 0. The van der Waals surface area contributed by atoms with Crippen LogP contribution in [0.4, 0.5) is 0 Å². The van der Waals surface area contributed by atoms with Crippen molar-refractivity contribution in [3.05, 3.63) is 51.8 Å². The van der Waals surface area contributed by atoms with Crippen molar-refractivity contribution in [2.24, 2.45) is 0 Å². The van der Waals surface area contributed by atoms with Gasteiger partial charge in [-0.15, -0.1) is 16.7 Å². The number of nitrogens with zero attached hydrogens (tertiary/aromatic N) is 2. The van der Waals surface area contributed by atoms with Crippen LogP contribution in [0.5, 0.6) is 0 Å². The maximum atomic E-state index is 11.4. The van der Waals surface area contributed by atoms with Gasteiger partial charge in [-0.3, -0.25) is 0 Å². The van der Waals surface area contributed by atoms with E-state index in [4.69, 9.17) is 16.0 Å². The third-order valence-corrected chi connectivity index (χ3v) is 2.57. The zero-order valence-electron chi connectivity index (χ0n) is 8.81. The number of aryl methyl sites for hydroxylation is 1. The number of benzene rings is 1. The molecule has 0 N–H and O–H groups in total. The molecule has 1 aromatic carbocycles. The monoisotopic (exact) mass is 238 g/mol. The molecule has 84 valence electrons. The van der Waals surface area contributed by atoms with Crippen molar-refractivity contribution >= 4 is 11.6 Å². The number of hydrogen-bond acceptors (Lipinski definition) is 3. The molecule has 0 unspecified atom stereocenters. The van der Waals surface area contributed by atoms with Gasteiger partial charge in [0.05, 0.1) is 6.54 Å². The Hall–Kier alpha value is -1.55. The highest BCUT2D eigenvalue weighted by molar-refractivity contribution is 6.16. The highest BCUT2D eigenvalue weighted by Crippen LogP contribution is 2.08. The lowest BCUT2D eigenvalue weighted by molar-refractivity contribution is 0.462. The largest absolute Gasteiger partial charge is 0.437 e. The first-order valence-corrected chi connectivity index (χ1v) is 5.41. The molecule has 0 saturated carbocycles. The van der Waals surface area contributed by atoms with Gasteiger partial charge in [-0.1, -0.05) is 24.3 Å². The molecule has 0 aliphatic carbocycles. The molecule has 0 aliphatic heterocycles. The van der Waals surface area contributed by atoms with Crippen molar-refractivity contribution < 1.29 is 4.42 Å². The van der Waals surface area contributed by atoms with Gasteiger partial charge in [0.1, 0.15) is 5.88 Å². The van der Waals surface area contributed by atoms with E-state index in [0.717, 1.165) is 11.1 Å². The number of rotatable bonds is 3. The van der Waals surface area contributed by atoms with Gasteiger partial charge in [-0.05, 0) is 18.1 Å². The summed E-state index contributed by atoms with van der Waals surface area (Å²) in [6, 6.07) is 7.82. The fourth-order valence-corrected chi connectivity index (χ4v) is 1.56. The van der Waals surface area contributed by atoms with Crippen molar-refractivity contribution in [3.63, 3.8) is 0 Å². The molecule has 0 amide bonds. The van der Waals surface area contributed by atoms with Crippen LogP contribution in [0.1, 0.15) is 17.0 Å². The average Bonchev–Trinajstić information content (AvgIpc) is 2.63. The van der Waals surface area contributed by atoms with E-state index < -0.39 is 5.76 Å². The summed E-state index contributed by atoms with van der Waals surface area (Å²) in [6.45, 7) is 2.40. The summed E-state index contributed by atoms with van der Waals surface area (Å²) in [5.74, 6) is -0.116. The Morgan fingerprint density at radius 3 is 2.81 bits per heavy atom. The summed E-state index contributed by atoms with van der Waals surface area (Å²) >= 11 is 5.54. The van der Waals surface area contributed by atoms with Crippen LogP contribution in [0.2, 0.25) is 0 Å². The van der Waals surface area contributed by atoms with Crippen molar-refractivity contribution in [3.8, 4) is 0 Å². The minimum Gasteiger partial charge on any atom is -0.391 e. The first-order chi connectivity index (χ1) is 7.70. The predicted molar refractivity (Wildman–Crippen MR) is 60.6 cm³/mol. The molecule has 4 nitrogen and oxygen atoms in total. The molecule has 5 heteroatoms. The van der Waals surface area contributed by atoms with E-state index in [2.05, 4.69) is 5.10 Å². The van der Waals surface area contributed by atoms with E-state index in [-0.39, 0.29) is 11.8 Å². The summed E-state index contributed by atoms with van der Waals surface area (Å²) in [5, 5.41) is 3.97. The van der Waals surface area contributed by atoms with Crippen LogP contribution < -0.4 is 5.76 Å². The lowest BCUT2D eigenvalue weighted by atomic mass is 10.1. The van der Waals surface area contributed by atoms with Crippen molar-refractivity contribution in [2.45, 2.75) is 19.3 Å². The zero-order chi connectivity index (χ0) is 11.5. The van der Waals surface area contributed by atoms with Crippen molar-refractivity contribution in [1.82, 2.24) is 9.78 Å². The smallest absolute Gasteiger partial charge is 0.391 e. The molecule has 0 bridgehead atoms. The van der Waals surface area contributed by atoms with Crippen LogP contribution in [-0.2, 0) is 12.4 Å². The van der Waals surface area contributed by atoms with E-state index >= 15 is 0 Å². The Kier molecular flexibility index (Phi) is 3.10. The number of hydrogen-bond donors (Lipinski definition) is 0. The lowest BCUT2D eigenvalue weighted by Crippen LogP contribution is -2.17. The van der Waals surface area contributed by atoms with Crippen LogP contribution in [0.25, 0.3) is 0 Å². The molecule has 16 heavy (non-hydrogen) atoms. The van der Waals surface area contributed by atoms with Crippen LogP contribution in [0.15, 0.2) is 33.5 Å². The van der Waals surface area contributed by atoms with Crippen LogP contribution in [0.3, 0.4) is 0 Å².